The van der Waals surface area contributed by atoms with Crippen molar-refractivity contribution in [3.8, 4) is 21.7 Å². The number of aryl methyl sites for hydroxylation is 1. The fraction of sp³-hybridized carbons (Fsp3) is 0.423. The lowest BCUT2D eigenvalue weighted by molar-refractivity contribution is -0.143. The molecule has 3 aromatic rings. The molecular weight excluding hydrogens is 503 g/mol. The molecule has 0 radical (unpaired) electrons. The first kappa shape index (κ1) is 25.5. The number of urea groups is 1. The zero-order valence-electron chi connectivity index (χ0n) is 20.4. The minimum atomic E-state index is -4.22. The van der Waals surface area contributed by atoms with E-state index in [1.165, 1.54) is 16.2 Å². The van der Waals surface area contributed by atoms with E-state index in [-0.39, 0.29) is 12.6 Å². The van der Waals surface area contributed by atoms with E-state index in [1.807, 2.05) is 37.3 Å². The summed E-state index contributed by atoms with van der Waals surface area (Å²) in [7, 11) is 0. The van der Waals surface area contributed by atoms with Crippen LogP contribution in [0.1, 0.15) is 18.4 Å². The van der Waals surface area contributed by atoms with Crippen LogP contribution < -0.4 is 10.2 Å². The van der Waals surface area contributed by atoms with Gasteiger partial charge < -0.3 is 19.9 Å². The maximum atomic E-state index is 12.8. The number of pyridine rings is 1. The SMILES string of the molecule is Cc1ccc(NC(=O)N2CCC(CC(F)(F)F)C2)cc1-c1cc(-c2cncs2)nc(N2CCOCC2)c1. The van der Waals surface area contributed by atoms with Crippen molar-refractivity contribution in [2.24, 2.45) is 5.92 Å². The molecule has 1 atom stereocenters. The highest BCUT2D eigenvalue weighted by Gasteiger charge is 2.36. The van der Waals surface area contributed by atoms with E-state index >= 15 is 0 Å². The van der Waals surface area contributed by atoms with Gasteiger partial charge in [0.25, 0.3) is 0 Å². The second kappa shape index (κ2) is 10.7. The Morgan fingerprint density at radius 1 is 1.19 bits per heavy atom. The number of hydrogen-bond acceptors (Lipinski definition) is 6. The van der Waals surface area contributed by atoms with Gasteiger partial charge in [-0.1, -0.05) is 6.07 Å². The first-order chi connectivity index (χ1) is 17.7. The van der Waals surface area contributed by atoms with Gasteiger partial charge in [-0.3, -0.25) is 4.98 Å². The van der Waals surface area contributed by atoms with Crippen LogP contribution in [0.15, 0.2) is 42.0 Å². The van der Waals surface area contributed by atoms with E-state index in [0.717, 1.165) is 46.2 Å². The average Bonchev–Trinajstić information content (AvgIpc) is 3.57. The number of carbonyl (C=O) groups excluding carboxylic acids is 1. The fourth-order valence-electron chi connectivity index (χ4n) is 4.82. The summed E-state index contributed by atoms with van der Waals surface area (Å²) in [6, 6.07) is 9.34. The molecular formula is C26H28F3N5O2S. The molecule has 5 rings (SSSR count). The zero-order chi connectivity index (χ0) is 26.0. The average molecular weight is 532 g/mol. The van der Waals surface area contributed by atoms with Gasteiger partial charge in [-0.05, 0) is 60.2 Å². The first-order valence-electron chi connectivity index (χ1n) is 12.2. The second-order valence-corrected chi connectivity index (χ2v) is 10.3. The van der Waals surface area contributed by atoms with Gasteiger partial charge in [0.2, 0.25) is 0 Å². The van der Waals surface area contributed by atoms with Crippen molar-refractivity contribution in [3.63, 3.8) is 0 Å². The number of likely N-dealkylation sites (tertiary alicyclic amines) is 1. The summed E-state index contributed by atoms with van der Waals surface area (Å²) in [4.78, 5) is 26.5. The topological polar surface area (TPSA) is 70.6 Å². The highest BCUT2D eigenvalue weighted by molar-refractivity contribution is 7.13. The molecule has 2 saturated heterocycles. The smallest absolute Gasteiger partial charge is 0.378 e. The molecule has 0 bridgehead atoms. The number of benzene rings is 1. The van der Waals surface area contributed by atoms with Crippen LogP contribution in [0.2, 0.25) is 0 Å². The quantitative estimate of drug-likeness (QED) is 0.449. The maximum Gasteiger partial charge on any atom is 0.389 e. The van der Waals surface area contributed by atoms with E-state index in [2.05, 4.69) is 15.2 Å². The number of anilines is 2. The van der Waals surface area contributed by atoms with Crippen molar-refractivity contribution < 1.29 is 22.7 Å². The molecule has 2 fully saturated rings. The van der Waals surface area contributed by atoms with Gasteiger partial charge in [0.1, 0.15) is 5.82 Å². The highest BCUT2D eigenvalue weighted by Crippen LogP contribution is 2.34. The molecule has 11 heteroatoms. The molecule has 37 heavy (non-hydrogen) atoms. The van der Waals surface area contributed by atoms with Gasteiger partial charge in [-0.2, -0.15) is 13.2 Å². The summed E-state index contributed by atoms with van der Waals surface area (Å²) in [6.45, 7) is 5.21. The Balaban J connectivity index is 1.39. The number of rotatable bonds is 5. The molecule has 0 aliphatic carbocycles. The van der Waals surface area contributed by atoms with Gasteiger partial charge in [-0.15, -0.1) is 11.3 Å². The van der Waals surface area contributed by atoms with Crippen molar-refractivity contribution >= 4 is 28.9 Å². The Labute approximate surface area is 217 Å². The Morgan fingerprint density at radius 3 is 2.73 bits per heavy atom. The number of aromatic nitrogens is 2. The highest BCUT2D eigenvalue weighted by atomic mass is 32.1. The Morgan fingerprint density at radius 2 is 2.00 bits per heavy atom. The summed E-state index contributed by atoms with van der Waals surface area (Å²) in [5.41, 5.74) is 6.12. The third kappa shape index (κ3) is 6.22. The summed E-state index contributed by atoms with van der Waals surface area (Å²) in [5, 5.41) is 2.88. The van der Waals surface area contributed by atoms with Crippen molar-refractivity contribution in [2.45, 2.75) is 25.9 Å². The van der Waals surface area contributed by atoms with Gasteiger partial charge in [0.05, 0.1) is 29.3 Å². The molecule has 1 aromatic carbocycles. The van der Waals surface area contributed by atoms with E-state index in [9.17, 15) is 18.0 Å². The lowest BCUT2D eigenvalue weighted by Gasteiger charge is -2.28. The molecule has 1 N–H and O–H groups in total. The van der Waals surface area contributed by atoms with Crippen LogP contribution in [-0.2, 0) is 4.74 Å². The normalized spacial score (nSPS) is 18.3. The number of thiazole rings is 1. The standard InChI is InChI=1S/C26H28F3N5O2S/c1-17-2-3-20(31-25(35)34-5-4-18(15-34)13-26(27,28)29)12-21(17)19-10-22(23-14-30-16-37-23)32-24(11-19)33-6-8-36-9-7-33/h2-3,10-12,14,16,18H,4-9,13,15H2,1H3,(H,31,35). The van der Waals surface area contributed by atoms with Crippen LogP contribution in [0.25, 0.3) is 21.7 Å². The number of nitrogens with zero attached hydrogens (tertiary/aromatic N) is 4. The van der Waals surface area contributed by atoms with E-state index < -0.39 is 18.5 Å². The summed E-state index contributed by atoms with van der Waals surface area (Å²) < 4.78 is 43.8. The lowest BCUT2D eigenvalue weighted by Crippen LogP contribution is -2.36. The first-order valence-corrected chi connectivity index (χ1v) is 13.1. The second-order valence-electron chi connectivity index (χ2n) is 9.44. The fourth-order valence-corrected chi connectivity index (χ4v) is 5.40. The summed E-state index contributed by atoms with van der Waals surface area (Å²) >= 11 is 1.52. The molecule has 1 unspecified atom stereocenters. The molecule has 0 spiro atoms. The van der Waals surface area contributed by atoms with Crippen molar-refractivity contribution in [3.05, 3.63) is 47.6 Å². The van der Waals surface area contributed by atoms with Crippen LogP contribution in [0.4, 0.5) is 29.5 Å². The predicted molar refractivity (Wildman–Crippen MR) is 138 cm³/mol. The number of morpholine rings is 1. The van der Waals surface area contributed by atoms with Crippen LogP contribution in [0.5, 0.6) is 0 Å². The lowest BCUT2D eigenvalue weighted by atomic mass is 9.99. The van der Waals surface area contributed by atoms with Crippen LogP contribution >= 0.6 is 11.3 Å². The molecule has 0 saturated carbocycles. The molecule has 7 nitrogen and oxygen atoms in total. The third-order valence-corrected chi connectivity index (χ3v) is 7.52. The number of nitrogens with one attached hydrogen (secondary N) is 1. The van der Waals surface area contributed by atoms with Crippen LogP contribution in [0, 0.1) is 12.8 Å². The molecule has 196 valence electrons. The third-order valence-electron chi connectivity index (χ3n) is 6.72. The number of amides is 2. The van der Waals surface area contributed by atoms with Crippen molar-refractivity contribution in [2.75, 3.05) is 49.6 Å². The minimum absolute atomic E-state index is 0.107. The van der Waals surface area contributed by atoms with E-state index in [0.29, 0.717) is 31.9 Å². The Hall–Kier alpha value is -3.18. The zero-order valence-corrected chi connectivity index (χ0v) is 21.2. The molecule has 2 amide bonds. The number of alkyl halides is 3. The number of ether oxygens (including phenoxy) is 1. The Bertz CT molecular complexity index is 1250. The van der Waals surface area contributed by atoms with E-state index in [4.69, 9.17) is 9.72 Å². The summed E-state index contributed by atoms with van der Waals surface area (Å²) in [5.74, 6) is 0.297. The largest absolute Gasteiger partial charge is 0.389 e. The molecule has 2 aliphatic rings. The van der Waals surface area contributed by atoms with Gasteiger partial charge in [0.15, 0.2) is 0 Å². The van der Waals surface area contributed by atoms with Gasteiger partial charge in [-0.25, -0.2) is 9.78 Å². The summed E-state index contributed by atoms with van der Waals surface area (Å²) in [6.07, 6.45) is -2.92. The number of hydrogen-bond donors (Lipinski definition) is 1. The Kier molecular flexibility index (Phi) is 7.34. The number of halogens is 3. The van der Waals surface area contributed by atoms with Crippen molar-refractivity contribution in [1.82, 2.24) is 14.9 Å². The van der Waals surface area contributed by atoms with Crippen molar-refractivity contribution in [1.29, 1.82) is 0 Å². The molecule has 4 heterocycles. The number of carbonyl (C=O) groups is 1. The van der Waals surface area contributed by atoms with Gasteiger partial charge in [0, 0.05) is 44.5 Å². The van der Waals surface area contributed by atoms with Crippen LogP contribution in [0.3, 0.4) is 0 Å². The minimum Gasteiger partial charge on any atom is -0.378 e. The van der Waals surface area contributed by atoms with Crippen LogP contribution in [-0.4, -0.2) is 66.5 Å². The van der Waals surface area contributed by atoms with E-state index in [1.54, 1.807) is 11.7 Å². The predicted octanol–water partition coefficient (Wildman–Crippen LogP) is 5.82. The van der Waals surface area contributed by atoms with Gasteiger partial charge >= 0.3 is 12.2 Å². The molecule has 2 aliphatic heterocycles. The molecule has 2 aromatic heterocycles. The monoisotopic (exact) mass is 531 g/mol. The maximum absolute atomic E-state index is 12.8.